The van der Waals surface area contributed by atoms with E-state index in [1.165, 1.54) is 9.40 Å². The number of benzene rings is 5. The number of hydrogen-bond donors (Lipinski definition) is 0. The molecule has 7 aromatic rings. The van der Waals surface area contributed by atoms with Crippen molar-refractivity contribution in [2.24, 2.45) is 0 Å². The van der Waals surface area contributed by atoms with Gasteiger partial charge in [0.1, 0.15) is 10.0 Å². The fraction of sp³-hybridized carbons (Fsp3) is 0. The maximum atomic E-state index is 9.24. The molecule has 0 saturated carbocycles. The first kappa shape index (κ1) is 22.6. The van der Waals surface area contributed by atoms with Crippen LogP contribution in [0.4, 0.5) is 0 Å². The molecule has 0 N–H and O–H groups in total. The van der Waals surface area contributed by atoms with Crippen molar-refractivity contribution in [3.05, 3.63) is 121 Å². The minimum atomic E-state index is 0.654. The maximum Gasteiger partial charge on any atom is 0.124 e. The summed E-state index contributed by atoms with van der Waals surface area (Å²) in [6.07, 6.45) is 0. The average molecular weight is 522 g/mol. The summed E-state index contributed by atoms with van der Waals surface area (Å²) >= 11 is 3.42. The van der Waals surface area contributed by atoms with Gasteiger partial charge in [-0.15, -0.1) is 22.7 Å². The quantitative estimate of drug-likeness (QED) is 0.232. The van der Waals surface area contributed by atoms with E-state index in [4.69, 9.17) is 9.97 Å². The van der Waals surface area contributed by atoms with E-state index in [1.54, 1.807) is 22.7 Å². The lowest BCUT2D eigenvalue weighted by molar-refractivity contribution is 1.46. The molecule has 0 amide bonds. The molecule has 0 fully saturated rings. The average Bonchev–Trinajstić information content (AvgIpc) is 3.62. The lowest BCUT2D eigenvalue weighted by Crippen LogP contribution is -1.87. The number of fused-ring (bicyclic) bond motifs is 2. The second kappa shape index (κ2) is 9.35. The number of rotatable bonds is 4. The minimum absolute atomic E-state index is 0.654. The smallest absolute Gasteiger partial charge is 0.124 e. The summed E-state index contributed by atoms with van der Waals surface area (Å²) < 4.78 is 2.37. The monoisotopic (exact) mass is 521 g/mol. The summed E-state index contributed by atoms with van der Waals surface area (Å²) in [5.74, 6) is 0. The summed E-state index contributed by atoms with van der Waals surface area (Å²) in [6.45, 7) is 0. The van der Waals surface area contributed by atoms with E-state index in [-0.39, 0.29) is 0 Å². The molecule has 7 rings (SSSR count). The molecule has 5 aromatic carbocycles. The molecule has 0 radical (unpaired) electrons. The van der Waals surface area contributed by atoms with Gasteiger partial charge >= 0.3 is 0 Å². The van der Waals surface area contributed by atoms with E-state index in [0.717, 1.165) is 54.4 Å². The Balaban J connectivity index is 1.33. The highest BCUT2D eigenvalue weighted by Crippen LogP contribution is 2.37. The van der Waals surface area contributed by atoms with Crippen LogP contribution in [-0.4, -0.2) is 9.97 Å². The van der Waals surface area contributed by atoms with Gasteiger partial charge in [0.25, 0.3) is 0 Å². The second-order valence-corrected chi connectivity index (χ2v) is 11.1. The van der Waals surface area contributed by atoms with Crippen LogP contribution in [0.25, 0.3) is 63.8 Å². The maximum absolute atomic E-state index is 9.24. The van der Waals surface area contributed by atoms with Crippen molar-refractivity contribution in [1.82, 2.24) is 9.97 Å². The molecule has 178 valence electrons. The number of hydrogen-bond acceptors (Lipinski definition) is 5. The molecule has 2 heterocycles. The van der Waals surface area contributed by atoms with Crippen molar-refractivity contribution < 1.29 is 0 Å². The van der Waals surface area contributed by atoms with E-state index in [2.05, 4.69) is 84.9 Å². The zero-order valence-electron chi connectivity index (χ0n) is 20.1. The summed E-state index contributed by atoms with van der Waals surface area (Å²) in [7, 11) is 0. The molecule has 0 spiro atoms. The molecule has 38 heavy (non-hydrogen) atoms. The predicted molar refractivity (Wildman–Crippen MR) is 159 cm³/mol. The number of para-hydroxylation sites is 2. The molecule has 0 bridgehead atoms. The molecule has 0 aliphatic heterocycles. The fourth-order valence-electron chi connectivity index (χ4n) is 4.62. The largest absolute Gasteiger partial charge is 0.236 e. The van der Waals surface area contributed by atoms with Crippen LogP contribution in [0, 0.1) is 11.3 Å². The van der Waals surface area contributed by atoms with Crippen molar-refractivity contribution in [3.63, 3.8) is 0 Å². The second-order valence-electron chi connectivity index (χ2n) is 9.04. The highest BCUT2D eigenvalue weighted by molar-refractivity contribution is 7.22. The normalized spacial score (nSPS) is 11.1. The molecule has 0 atom stereocenters. The fourth-order valence-corrected chi connectivity index (χ4v) is 6.54. The first-order valence-corrected chi connectivity index (χ1v) is 13.8. The molecule has 5 heteroatoms. The summed E-state index contributed by atoms with van der Waals surface area (Å²) in [4.78, 5) is 9.74. The zero-order valence-corrected chi connectivity index (χ0v) is 21.8. The van der Waals surface area contributed by atoms with E-state index >= 15 is 0 Å². The van der Waals surface area contributed by atoms with Crippen molar-refractivity contribution in [2.75, 3.05) is 0 Å². The Morgan fingerprint density at radius 3 is 1.45 bits per heavy atom. The Labute approximate surface area is 228 Å². The van der Waals surface area contributed by atoms with Crippen LogP contribution in [0.3, 0.4) is 0 Å². The Hall–Kier alpha value is -4.63. The molecule has 0 aliphatic rings. The van der Waals surface area contributed by atoms with E-state index in [1.807, 2.05) is 36.4 Å². The Morgan fingerprint density at radius 1 is 0.474 bits per heavy atom. The predicted octanol–water partition coefficient (Wildman–Crippen LogP) is 9.45. The Kier molecular flexibility index (Phi) is 5.55. The summed E-state index contributed by atoms with van der Waals surface area (Å²) in [5, 5.41) is 11.3. The molecular weight excluding hydrogens is 503 g/mol. The highest BCUT2D eigenvalue weighted by Gasteiger charge is 2.12. The van der Waals surface area contributed by atoms with Crippen molar-refractivity contribution in [2.45, 2.75) is 0 Å². The summed E-state index contributed by atoms with van der Waals surface area (Å²) in [5.41, 5.74) is 9.32. The number of nitrogens with zero attached hydrogens (tertiary/aromatic N) is 3. The van der Waals surface area contributed by atoms with Gasteiger partial charge in [-0.1, -0.05) is 60.7 Å². The van der Waals surface area contributed by atoms with Crippen molar-refractivity contribution in [1.29, 1.82) is 5.26 Å². The standard InChI is InChI=1S/C33H19N3S2/c34-20-21-9-11-22(12-10-21)25-17-26(19-27(18-25)33-36-29-6-2-4-8-31(29)38-33)23-13-15-24(16-14-23)32-35-28-5-1-3-7-30(28)37-32/h1-19H. The van der Waals surface area contributed by atoms with Crippen LogP contribution in [0.15, 0.2) is 115 Å². The third-order valence-corrected chi connectivity index (χ3v) is 8.75. The van der Waals surface area contributed by atoms with E-state index in [0.29, 0.717) is 5.56 Å². The first-order chi connectivity index (χ1) is 18.7. The van der Waals surface area contributed by atoms with Gasteiger partial charge in [-0.3, -0.25) is 0 Å². The molecule has 3 nitrogen and oxygen atoms in total. The summed E-state index contributed by atoms with van der Waals surface area (Å²) in [6, 6.07) is 41.7. The molecule has 0 unspecified atom stereocenters. The number of thiazole rings is 2. The van der Waals surface area contributed by atoms with Gasteiger partial charge in [0, 0.05) is 11.1 Å². The van der Waals surface area contributed by atoms with Crippen molar-refractivity contribution in [3.8, 4) is 49.5 Å². The topological polar surface area (TPSA) is 49.6 Å². The van der Waals surface area contributed by atoms with Gasteiger partial charge in [0.05, 0.1) is 32.1 Å². The van der Waals surface area contributed by atoms with Crippen LogP contribution >= 0.6 is 22.7 Å². The van der Waals surface area contributed by atoms with Gasteiger partial charge in [0.15, 0.2) is 0 Å². The van der Waals surface area contributed by atoms with Gasteiger partial charge in [-0.25, -0.2) is 9.97 Å². The van der Waals surface area contributed by atoms with Gasteiger partial charge in [-0.05, 0) is 76.9 Å². The molecule has 0 aliphatic carbocycles. The lowest BCUT2D eigenvalue weighted by Gasteiger charge is -2.10. The molecular formula is C33H19N3S2. The highest BCUT2D eigenvalue weighted by atomic mass is 32.1. The third-order valence-electron chi connectivity index (χ3n) is 6.58. The van der Waals surface area contributed by atoms with Gasteiger partial charge in [0.2, 0.25) is 0 Å². The SMILES string of the molecule is N#Cc1ccc(-c2cc(-c3ccc(-c4nc5ccccc5s4)cc3)cc(-c3nc4ccccc4s3)c2)cc1. The third kappa shape index (κ3) is 4.16. The Bertz CT molecular complexity index is 1910. The molecule has 2 aromatic heterocycles. The van der Waals surface area contributed by atoms with Crippen LogP contribution in [0.2, 0.25) is 0 Å². The zero-order chi connectivity index (χ0) is 25.5. The van der Waals surface area contributed by atoms with Gasteiger partial charge in [-0.2, -0.15) is 5.26 Å². The van der Waals surface area contributed by atoms with Gasteiger partial charge < -0.3 is 0 Å². The first-order valence-electron chi connectivity index (χ1n) is 12.2. The van der Waals surface area contributed by atoms with Crippen LogP contribution in [-0.2, 0) is 0 Å². The number of aromatic nitrogens is 2. The Morgan fingerprint density at radius 2 is 0.921 bits per heavy atom. The van der Waals surface area contributed by atoms with E-state index < -0.39 is 0 Å². The van der Waals surface area contributed by atoms with Crippen LogP contribution in [0.1, 0.15) is 5.56 Å². The van der Waals surface area contributed by atoms with Crippen LogP contribution in [0.5, 0.6) is 0 Å². The number of nitriles is 1. The lowest BCUT2D eigenvalue weighted by atomic mass is 9.95. The van der Waals surface area contributed by atoms with Crippen LogP contribution < -0.4 is 0 Å². The minimum Gasteiger partial charge on any atom is -0.236 e. The molecule has 0 saturated heterocycles. The van der Waals surface area contributed by atoms with E-state index in [9.17, 15) is 5.26 Å². The van der Waals surface area contributed by atoms with Crippen molar-refractivity contribution >= 4 is 43.1 Å².